The van der Waals surface area contributed by atoms with Crippen LogP contribution in [0.3, 0.4) is 0 Å². The molecule has 1 amide bonds. The number of nitrogens with zero attached hydrogens (tertiary/aromatic N) is 3. The summed E-state index contributed by atoms with van der Waals surface area (Å²) >= 11 is 0. The van der Waals surface area contributed by atoms with Gasteiger partial charge >= 0.3 is 0 Å². The average molecular weight is 413 g/mol. The molecule has 2 aliphatic rings. The van der Waals surface area contributed by atoms with Crippen LogP contribution in [0.15, 0.2) is 58.4 Å². The van der Waals surface area contributed by atoms with Crippen molar-refractivity contribution in [3.05, 3.63) is 59.7 Å². The molecule has 0 fully saturated rings. The fourth-order valence-electron chi connectivity index (χ4n) is 3.87. The van der Waals surface area contributed by atoms with Gasteiger partial charge in [-0.1, -0.05) is 37.3 Å². The number of carbonyl (C=O) groups is 1. The van der Waals surface area contributed by atoms with Crippen molar-refractivity contribution in [1.82, 2.24) is 4.31 Å². The summed E-state index contributed by atoms with van der Waals surface area (Å²) in [6, 6.07) is 14.1. The number of guanidine groups is 1. The van der Waals surface area contributed by atoms with Crippen LogP contribution in [0.5, 0.6) is 0 Å². The second kappa shape index (κ2) is 7.51. The van der Waals surface area contributed by atoms with E-state index in [4.69, 9.17) is 5.73 Å². The van der Waals surface area contributed by atoms with Crippen molar-refractivity contribution in [2.75, 3.05) is 18.0 Å². The Bertz CT molecular complexity index is 1070. The van der Waals surface area contributed by atoms with Gasteiger partial charge in [-0.25, -0.2) is 17.7 Å². The molecule has 2 aliphatic heterocycles. The summed E-state index contributed by atoms with van der Waals surface area (Å²) in [5.74, 6) is 0.0718. The summed E-state index contributed by atoms with van der Waals surface area (Å²) < 4.78 is 27.6. The van der Waals surface area contributed by atoms with Crippen LogP contribution in [-0.4, -0.2) is 37.7 Å². The molecule has 152 valence electrons. The first kappa shape index (κ1) is 19.4. The first-order valence-corrected chi connectivity index (χ1v) is 11.2. The van der Waals surface area contributed by atoms with E-state index in [-0.39, 0.29) is 29.3 Å². The Morgan fingerprint density at radius 3 is 2.69 bits per heavy atom. The number of nitrogens with two attached hydrogens (primary N) is 1. The Morgan fingerprint density at radius 2 is 1.97 bits per heavy atom. The number of benzene rings is 2. The summed E-state index contributed by atoms with van der Waals surface area (Å²) in [5, 5.41) is 0. The van der Waals surface area contributed by atoms with Crippen molar-refractivity contribution in [3.8, 4) is 0 Å². The molecule has 0 saturated heterocycles. The van der Waals surface area contributed by atoms with E-state index >= 15 is 0 Å². The second-order valence-corrected chi connectivity index (χ2v) is 9.15. The Morgan fingerprint density at radius 1 is 1.21 bits per heavy atom. The molecule has 29 heavy (non-hydrogen) atoms. The molecule has 2 heterocycles. The fraction of sp³-hybridized carbons (Fsp3) is 0.333. The lowest BCUT2D eigenvalue weighted by Gasteiger charge is -2.20. The van der Waals surface area contributed by atoms with Gasteiger partial charge < -0.3 is 10.6 Å². The van der Waals surface area contributed by atoms with E-state index < -0.39 is 10.0 Å². The van der Waals surface area contributed by atoms with Crippen LogP contribution in [0, 0.1) is 0 Å². The van der Waals surface area contributed by atoms with Gasteiger partial charge in [-0.15, -0.1) is 0 Å². The van der Waals surface area contributed by atoms with Gasteiger partial charge in [0, 0.05) is 18.7 Å². The molecule has 0 aromatic heterocycles. The van der Waals surface area contributed by atoms with Gasteiger partial charge in [-0.2, -0.15) is 0 Å². The first-order valence-electron chi connectivity index (χ1n) is 9.76. The van der Waals surface area contributed by atoms with E-state index in [0.29, 0.717) is 19.4 Å². The number of sulfonamides is 1. The second-order valence-electron chi connectivity index (χ2n) is 7.29. The van der Waals surface area contributed by atoms with Gasteiger partial charge in [0.2, 0.25) is 11.9 Å². The SMILES string of the molecule is CCCC(=O)N1CCc2cc(S(=O)(=O)N3C[C@H](c4ccccc4)N=C3N)ccc21. The molecule has 4 rings (SSSR count). The predicted molar refractivity (Wildman–Crippen MR) is 112 cm³/mol. The Kier molecular flexibility index (Phi) is 5.04. The first-order chi connectivity index (χ1) is 13.9. The summed E-state index contributed by atoms with van der Waals surface area (Å²) in [5.41, 5.74) is 8.57. The average Bonchev–Trinajstić information content (AvgIpc) is 3.32. The van der Waals surface area contributed by atoms with Crippen molar-refractivity contribution >= 4 is 27.6 Å². The van der Waals surface area contributed by atoms with Crippen LogP contribution in [-0.2, 0) is 21.2 Å². The van der Waals surface area contributed by atoms with Crippen molar-refractivity contribution in [1.29, 1.82) is 0 Å². The molecule has 0 spiro atoms. The third-order valence-electron chi connectivity index (χ3n) is 5.37. The maximum Gasteiger partial charge on any atom is 0.266 e. The standard InChI is InChI=1S/C21H24N4O3S/c1-2-6-20(26)24-12-11-16-13-17(9-10-19(16)24)29(27,28)25-14-18(23-21(25)22)15-7-4-3-5-8-15/h3-5,7-10,13,18H,2,6,11-12,14H2,1H3,(H2,22,23)/t18-/m1/s1. The minimum atomic E-state index is -3.82. The zero-order valence-corrected chi connectivity index (χ0v) is 17.1. The molecule has 2 aromatic rings. The monoisotopic (exact) mass is 412 g/mol. The highest BCUT2D eigenvalue weighted by Crippen LogP contribution is 2.33. The topological polar surface area (TPSA) is 96.1 Å². The molecule has 2 N–H and O–H groups in total. The number of carbonyl (C=O) groups excluding carboxylic acids is 1. The summed E-state index contributed by atoms with van der Waals surface area (Å²) in [4.78, 5) is 18.5. The van der Waals surface area contributed by atoms with Crippen molar-refractivity contribution in [2.45, 2.75) is 37.1 Å². The van der Waals surface area contributed by atoms with Gasteiger partial charge in [0.15, 0.2) is 0 Å². The van der Waals surface area contributed by atoms with E-state index in [2.05, 4.69) is 4.99 Å². The number of anilines is 1. The summed E-state index contributed by atoms with van der Waals surface area (Å²) in [6.07, 6.45) is 1.92. The molecular formula is C21H24N4O3S. The smallest absolute Gasteiger partial charge is 0.266 e. The maximum absolute atomic E-state index is 13.2. The lowest BCUT2D eigenvalue weighted by Crippen LogP contribution is -2.39. The molecule has 7 nitrogen and oxygen atoms in total. The minimum Gasteiger partial charge on any atom is -0.369 e. The highest BCUT2D eigenvalue weighted by atomic mass is 32.2. The highest BCUT2D eigenvalue weighted by molar-refractivity contribution is 7.89. The van der Waals surface area contributed by atoms with Crippen LogP contribution in [0.25, 0.3) is 0 Å². The van der Waals surface area contributed by atoms with Crippen LogP contribution >= 0.6 is 0 Å². The third kappa shape index (κ3) is 3.48. The van der Waals surface area contributed by atoms with E-state index in [1.807, 2.05) is 37.3 Å². The van der Waals surface area contributed by atoms with E-state index in [1.54, 1.807) is 23.1 Å². The van der Waals surface area contributed by atoms with Crippen LogP contribution in [0.2, 0.25) is 0 Å². The van der Waals surface area contributed by atoms with Crippen molar-refractivity contribution in [3.63, 3.8) is 0 Å². The molecule has 8 heteroatoms. The van der Waals surface area contributed by atoms with Gasteiger partial charge in [-0.3, -0.25) is 4.79 Å². The lowest BCUT2D eigenvalue weighted by atomic mass is 10.1. The molecule has 2 aromatic carbocycles. The van der Waals surface area contributed by atoms with E-state index in [0.717, 1.165) is 23.2 Å². The maximum atomic E-state index is 13.2. The molecular weight excluding hydrogens is 388 g/mol. The van der Waals surface area contributed by atoms with Crippen LogP contribution < -0.4 is 10.6 Å². The predicted octanol–water partition coefficient (Wildman–Crippen LogP) is 2.44. The largest absolute Gasteiger partial charge is 0.369 e. The zero-order valence-electron chi connectivity index (χ0n) is 16.3. The van der Waals surface area contributed by atoms with Crippen molar-refractivity contribution < 1.29 is 13.2 Å². The van der Waals surface area contributed by atoms with Gasteiger partial charge in [0.25, 0.3) is 10.0 Å². The number of hydrogen-bond acceptors (Lipinski definition) is 5. The molecule has 1 atom stereocenters. The highest BCUT2D eigenvalue weighted by Gasteiger charge is 2.35. The number of fused-ring (bicyclic) bond motifs is 1. The normalized spacial score (nSPS) is 18.7. The van der Waals surface area contributed by atoms with Crippen LogP contribution in [0.1, 0.15) is 36.9 Å². The van der Waals surface area contributed by atoms with Crippen molar-refractivity contribution in [2.24, 2.45) is 10.7 Å². The zero-order chi connectivity index (χ0) is 20.6. The van der Waals surface area contributed by atoms with Gasteiger partial charge in [0.05, 0.1) is 17.5 Å². The Balaban J connectivity index is 1.59. The molecule has 0 radical (unpaired) electrons. The van der Waals surface area contributed by atoms with Crippen LogP contribution in [0.4, 0.5) is 5.69 Å². The quantitative estimate of drug-likeness (QED) is 0.816. The Hall–Kier alpha value is -2.87. The lowest BCUT2D eigenvalue weighted by molar-refractivity contribution is -0.118. The van der Waals surface area contributed by atoms with Gasteiger partial charge in [0.1, 0.15) is 0 Å². The minimum absolute atomic E-state index is 0.000832. The number of amides is 1. The fourth-order valence-corrected chi connectivity index (χ4v) is 5.28. The molecule has 0 saturated carbocycles. The van der Waals surface area contributed by atoms with E-state index in [1.165, 1.54) is 4.31 Å². The molecule has 0 unspecified atom stereocenters. The number of aliphatic imine (C=N–C) groups is 1. The Labute approximate surface area is 170 Å². The summed E-state index contributed by atoms with van der Waals surface area (Å²) in [6.45, 7) is 2.73. The van der Waals surface area contributed by atoms with Gasteiger partial charge in [-0.05, 0) is 42.2 Å². The number of rotatable bonds is 5. The van der Waals surface area contributed by atoms with E-state index in [9.17, 15) is 13.2 Å². The summed E-state index contributed by atoms with van der Waals surface area (Å²) in [7, 11) is -3.82. The number of hydrogen-bond donors (Lipinski definition) is 1. The third-order valence-corrected chi connectivity index (χ3v) is 7.13. The molecule has 0 aliphatic carbocycles. The molecule has 0 bridgehead atoms.